The third-order valence-corrected chi connectivity index (χ3v) is 2.60. The Balaban J connectivity index is 2.33. The average Bonchev–Trinajstić information content (AvgIpc) is 2.47. The Morgan fingerprint density at radius 1 is 1.38 bits per heavy atom. The second-order valence-corrected chi connectivity index (χ2v) is 4.03. The Labute approximate surface area is 119 Å². The quantitative estimate of drug-likeness (QED) is 0.723. The van der Waals surface area contributed by atoms with Crippen LogP contribution in [0.15, 0.2) is 41.5 Å². The van der Waals surface area contributed by atoms with Crippen molar-refractivity contribution < 1.29 is 14.3 Å². The molecule has 0 aliphatic rings. The van der Waals surface area contributed by atoms with Gasteiger partial charge in [-0.1, -0.05) is 11.8 Å². The van der Waals surface area contributed by atoms with Gasteiger partial charge in [0.15, 0.2) is 5.43 Å². The molecular formula is C15H11FN2O3. The number of carbonyl (C=O) groups excluding carboxylic acids is 1. The Morgan fingerprint density at radius 3 is 2.90 bits per heavy atom. The fourth-order valence-electron chi connectivity index (χ4n) is 1.65. The van der Waals surface area contributed by atoms with Gasteiger partial charge >= 0.3 is 0 Å². The van der Waals surface area contributed by atoms with Gasteiger partial charge in [-0.05, 0) is 18.2 Å². The second kappa shape index (κ2) is 6.50. The van der Waals surface area contributed by atoms with Crippen LogP contribution < -0.4 is 10.7 Å². The maximum atomic E-state index is 13.2. The maximum absolute atomic E-state index is 13.2. The van der Waals surface area contributed by atoms with Gasteiger partial charge in [0.25, 0.3) is 5.91 Å². The van der Waals surface area contributed by atoms with Crippen molar-refractivity contribution in [3.8, 4) is 11.8 Å². The van der Waals surface area contributed by atoms with E-state index in [1.165, 1.54) is 24.5 Å². The van der Waals surface area contributed by atoms with Crippen LogP contribution in [-0.4, -0.2) is 22.6 Å². The van der Waals surface area contributed by atoms with E-state index in [9.17, 15) is 14.0 Å². The summed E-state index contributed by atoms with van der Waals surface area (Å²) in [5, 5.41) is 11.2. The van der Waals surface area contributed by atoms with Crippen molar-refractivity contribution in [2.45, 2.75) is 0 Å². The maximum Gasteiger partial charge on any atom is 0.261 e. The summed E-state index contributed by atoms with van der Waals surface area (Å²) in [7, 11) is 0. The normalized spacial score (nSPS) is 9.62. The third kappa shape index (κ3) is 3.55. The highest BCUT2D eigenvalue weighted by Gasteiger charge is 2.12. The first-order chi connectivity index (χ1) is 10.1. The molecule has 0 fully saturated rings. The van der Waals surface area contributed by atoms with Crippen molar-refractivity contribution in [1.29, 1.82) is 0 Å². The van der Waals surface area contributed by atoms with E-state index in [-0.39, 0.29) is 23.4 Å². The summed E-state index contributed by atoms with van der Waals surface area (Å²) in [6.07, 6.45) is 2.69. The molecule has 0 aliphatic heterocycles. The lowest BCUT2D eigenvalue weighted by Gasteiger charge is -2.07. The van der Waals surface area contributed by atoms with Gasteiger partial charge in [0.1, 0.15) is 18.0 Å². The number of amides is 1. The fourth-order valence-corrected chi connectivity index (χ4v) is 1.65. The number of nitrogens with one attached hydrogen (secondary N) is 2. The lowest BCUT2D eigenvalue weighted by molar-refractivity contribution is 0.102. The first-order valence-corrected chi connectivity index (χ1v) is 5.99. The third-order valence-electron chi connectivity index (χ3n) is 2.60. The Bertz CT molecular complexity index is 787. The van der Waals surface area contributed by atoms with E-state index in [0.717, 1.165) is 12.1 Å². The number of benzene rings is 1. The molecule has 6 heteroatoms. The number of halogens is 1. The summed E-state index contributed by atoms with van der Waals surface area (Å²) < 4.78 is 13.2. The van der Waals surface area contributed by atoms with E-state index in [1.54, 1.807) is 0 Å². The highest BCUT2D eigenvalue weighted by molar-refractivity contribution is 6.04. The molecule has 0 unspecified atom stereocenters. The lowest BCUT2D eigenvalue weighted by Crippen LogP contribution is -2.21. The predicted octanol–water partition coefficient (Wildman–Crippen LogP) is 1.11. The van der Waals surface area contributed by atoms with Gasteiger partial charge in [0.05, 0.1) is 11.3 Å². The summed E-state index contributed by atoms with van der Waals surface area (Å²) in [5.41, 5.74) is -0.0328. The molecule has 2 aromatic rings. The highest BCUT2D eigenvalue weighted by Crippen LogP contribution is 2.16. The number of pyridine rings is 1. The number of anilines is 1. The number of aromatic nitrogens is 1. The number of hydrogen-bond donors (Lipinski definition) is 3. The smallest absolute Gasteiger partial charge is 0.261 e. The zero-order valence-electron chi connectivity index (χ0n) is 10.8. The average molecular weight is 286 g/mol. The molecule has 21 heavy (non-hydrogen) atoms. The van der Waals surface area contributed by atoms with Crippen LogP contribution in [0.3, 0.4) is 0 Å². The monoisotopic (exact) mass is 286 g/mol. The zero-order chi connectivity index (χ0) is 15.2. The molecule has 0 saturated carbocycles. The topological polar surface area (TPSA) is 82.2 Å². The standard InChI is InChI=1S/C15H11FN2O3/c16-11-3-4-13(10(8-11)2-1-7-19)18-15(21)12-9-17-6-5-14(12)20/h3-6,8-9,19H,7H2,(H,17,20)(H,18,21). The lowest BCUT2D eigenvalue weighted by atomic mass is 10.1. The first-order valence-electron chi connectivity index (χ1n) is 5.99. The molecule has 5 nitrogen and oxygen atoms in total. The van der Waals surface area contributed by atoms with Crippen LogP contribution in [0, 0.1) is 17.7 Å². The van der Waals surface area contributed by atoms with Crippen LogP contribution in [0.25, 0.3) is 0 Å². The van der Waals surface area contributed by atoms with E-state index < -0.39 is 17.2 Å². The van der Waals surface area contributed by atoms with E-state index in [2.05, 4.69) is 22.1 Å². The Hall–Kier alpha value is -2.91. The Kier molecular flexibility index (Phi) is 4.49. The molecule has 0 saturated heterocycles. The number of aromatic amines is 1. The SMILES string of the molecule is O=C(Nc1ccc(F)cc1C#CCO)c1c[nH]ccc1=O. The summed E-state index contributed by atoms with van der Waals surface area (Å²) >= 11 is 0. The van der Waals surface area contributed by atoms with Gasteiger partial charge in [0, 0.05) is 18.5 Å². The summed E-state index contributed by atoms with van der Waals surface area (Å²) in [4.78, 5) is 26.2. The summed E-state index contributed by atoms with van der Waals surface area (Å²) in [6.45, 7) is -0.387. The number of carbonyl (C=O) groups is 1. The molecular weight excluding hydrogens is 275 g/mol. The predicted molar refractivity (Wildman–Crippen MR) is 75.4 cm³/mol. The molecule has 2 rings (SSSR count). The molecule has 1 heterocycles. The molecule has 3 N–H and O–H groups in total. The molecule has 0 radical (unpaired) electrons. The van der Waals surface area contributed by atoms with Crippen LogP contribution >= 0.6 is 0 Å². The van der Waals surface area contributed by atoms with E-state index >= 15 is 0 Å². The number of rotatable bonds is 2. The molecule has 106 valence electrons. The van der Waals surface area contributed by atoms with Crippen molar-refractivity contribution >= 4 is 11.6 Å². The van der Waals surface area contributed by atoms with Gasteiger partial charge in [-0.2, -0.15) is 0 Å². The fraction of sp³-hybridized carbons (Fsp3) is 0.0667. The number of aliphatic hydroxyl groups excluding tert-OH is 1. The number of aliphatic hydroxyl groups is 1. The van der Waals surface area contributed by atoms with Gasteiger partial charge in [0.2, 0.25) is 0 Å². The molecule has 0 bridgehead atoms. The van der Waals surface area contributed by atoms with Crippen LogP contribution in [0.5, 0.6) is 0 Å². The molecule has 1 aromatic heterocycles. The van der Waals surface area contributed by atoms with Gasteiger partial charge < -0.3 is 15.4 Å². The largest absolute Gasteiger partial charge is 0.384 e. The van der Waals surface area contributed by atoms with Crippen LogP contribution in [0.2, 0.25) is 0 Å². The molecule has 1 aromatic carbocycles. The van der Waals surface area contributed by atoms with E-state index in [0.29, 0.717) is 0 Å². The number of hydrogen-bond acceptors (Lipinski definition) is 3. The van der Waals surface area contributed by atoms with Crippen molar-refractivity contribution in [1.82, 2.24) is 4.98 Å². The molecule has 0 spiro atoms. The van der Waals surface area contributed by atoms with Crippen molar-refractivity contribution in [3.05, 3.63) is 63.8 Å². The van der Waals surface area contributed by atoms with E-state index in [1.807, 2.05) is 0 Å². The molecule has 1 amide bonds. The minimum atomic E-state index is -0.629. The Morgan fingerprint density at radius 2 is 2.19 bits per heavy atom. The second-order valence-electron chi connectivity index (χ2n) is 4.03. The summed E-state index contributed by atoms with van der Waals surface area (Å²) in [6, 6.07) is 4.86. The molecule has 0 aliphatic carbocycles. The number of H-pyrrole nitrogens is 1. The minimum Gasteiger partial charge on any atom is -0.384 e. The summed E-state index contributed by atoms with van der Waals surface area (Å²) in [5.74, 6) is 3.76. The minimum absolute atomic E-state index is 0.0668. The van der Waals surface area contributed by atoms with E-state index in [4.69, 9.17) is 5.11 Å². The van der Waals surface area contributed by atoms with Crippen LogP contribution in [0.4, 0.5) is 10.1 Å². The van der Waals surface area contributed by atoms with Crippen molar-refractivity contribution in [2.24, 2.45) is 0 Å². The van der Waals surface area contributed by atoms with Crippen molar-refractivity contribution in [3.63, 3.8) is 0 Å². The van der Waals surface area contributed by atoms with Gasteiger partial charge in [-0.15, -0.1) is 0 Å². The van der Waals surface area contributed by atoms with Crippen LogP contribution in [-0.2, 0) is 0 Å². The van der Waals surface area contributed by atoms with Gasteiger partial charge in [-0.3, -0.25) is 9.59 Å². The van der Waals surface area contributed by atoms with Gasteiger partial charge in [-0.25, -0.2) is 4.39 Å². The first kappa shape index (κ1) is 14.5. The van der Waals surface area contributed by atoms with Crippen LogP contribution in [0.1, 0.15) is 15.9 Å². The zero-order valence-corrected chi connectivity index (χ0v) is 10.8. The highest BCUT2D eigenvalue weighted by atomic mass is 19.1. The van der Waals surface area contributed by atoms with Crippen molar-refractivity contribution in [2.75, 3.05) is 11.9 Å². The molecule has 0 atom stereocenters.